The van der Waals surface area contributed by atoms with Crippen molar-refractivity contribution in [2.24, 2.45) is 5.73 Å². The summed E-state index contributed by atoms with van der Waals surface area (Å²) in [5.41, 5.74) is 6.63. The van der Waals surface area contributed by atoms with Crippen LogP contribution in [0.25, 0.3) is 0 Å². The van der Waals surface area contributed by atoms with E-state index in [1.807, 2.05) is 19.1 Å². The molecule has 0 aliphatic heterocycles. The fraction of sp³-hybridized carbons (Fsp3) is 0.438. The maximum atomic E-state index is 11.8. The number of benzene rings is 1. The number of amides is 3. The normalized spacial score (nSPS) is 10.1. The Morgan fingerprint density at radius 2 is 1.96 bits per heavy atom. The van der Waals surface area contributed by atoms with Gasteiger partial charge in [0, 0.05) is 17.4 Å². The number of rotatable bonds is 9. The number of carbonyl (C=O) groups excluding carboxylic acids is 3. The minimum Gasteiger partial charge on any atom is -0.456 e. The van der Waals surface area contributed by atoms with Crippen LogP contribution < -0.4 is 16.4 Å². The van der Waals surface area contributed by atoms with Gasteiger partial charge in [0.2, 0.25) is 0 Å². The van der Waals surface area contributed by atoms with Gasteiger partial charge in [-0.2, -0.15) is 0 Å². The van der Waals surface area contributed by atoms with Crippen molar-refractivity contribution in [2.45, 2.75) is 32.6 Å². The number of halogens is 1. The number of hydrogen-bond acceptors (Lipinski definition) is 4. The average molecular weight is 400 g/mol. The molecular weight excluding hydrogens is 378 g/mol. The zero-order valence-electron chi connectivity index (χ0n) is 13.6. The molecule has 0 radical (unpaired) electrons. The SMILES string of the molecule is Cc1ccc(NC(=O)COC(=O)CCCCCNC(N)=O)c(Br)c1. The molecule has 1 aromatic rings. The molecule has 0 aliphatic carbocycles. The highest BCUT2D eigenvalue weighted by molar-refractivity contribution is 9.10. The maximum Gasteiger partial charge on any atom is 0.312 e. The van der Waals surface area contributed by atoms with Crippen LogP contribution in [-0.2, 0) is 14.3 Å². The summed E-state index contributed by atoms with van der Waals surface area (Å²) in [6.07, 6.45) is 2.36. The molecule has 8 heteroatoms. The third kappa shape index (κ3) is 8.52. The van der Waals surface area contributed by atoms with E-state index in [9.17, 15) is 14.4 Å². The van der Waals surface area contributed by atoms with Crippen LogP contribution >= 0.6 is 15.9 Å². The van der Waals surface area contributed by atoms with E-state index in [-0.39, 0.29) is 13.0 Å². The number of unbranched alkanes of at least 4 members (excludes halogenated alkanes) is 2. The molecule has 0 bridgehead atoms. The molecule has 0 saturated heterocycles. The predicted molar refractivity (Wildman–Crippen MR) is 94.5 cm³/mol. The highest BCUT2D eigenvalue weighted by Gasteiger charge is 2.09. The number of nitrogens with one attached hydrogen (secondary N) is 2. The van der Waals surface area contributed by atoms with Gasteiger partial charge in [0.25, 0.3) is 5.91 Å². The summed E-state index contributed by atoms with van der Waals surface area (Å²) in [5.74, 6) is -0.811. The molecular formula is C16H22BrN3O4. The summed E-state index contributed by atoms with van der Waals surface area (Å²) in [6, 6.07) is 4.98. The van der Waals surface area contributed by atoms with Crippen LogP contribution in [0.3, 0.4) is 0 Å². The second-order valence-electron chi connectivity index (χ2n) is 5.29. The first-order valence-electron chi connectivity index (χ1n) is 7.63. The van der Waals surface area contributed by atoms with Crippen molar-refractivity contribution in [3.8, 4) is 0 Å². The van der Waals surface area contributed by atoms with Crippen molar-refractivity contribution in [2.75, 3.05) is 18.5 Å². The fourth-order valence-electron chi connectivity index (χ4n) is 1.91. The number of hydrogen-bond donors (Lipinski definition) is 3. The first-order chi connectivity index (χ1) is 11.4. The van der Waals surface area contributed by atoms with Gasteiger partial charge >= 0.3 is 12.0 Å². The molecule has 0 saturated carbocycles. The number of aryl methyl sites for hydroxylation is 1. The standard InChI is InChI=1S/C16H22BrN3O4/c1-11-6-7-13(12(17)9-11)20-14(21)10-24-15(22)5-3-2-4-8-19-16(18)23/h6-7,9H,2-5,8,10H2,1H3,(H,20,21)(H3,18,19,23). The van der Waals surface area contributed by atoms with Gasteiger partial charge in [0.05, 0.1) is 5.69 Å². The summed E-state index contributed by atoms with van der Waals surface area (Å²) < 4.78 is 5.70. The van der Waals surface area contributed by atoms with Crippen LogP contribution in [0.1, 0.15) is 31.2 Å². The predicted octanol–water partition coefficient (Wildman–Crippen LogP) is 2.47. The van der Waals surface area contributed by atoms with Crippen molar-refractivity contribution in [3.63, 3.8) is 0 Å². The van der Waals surface area contributed by atoms with Gasteiger partial charge < -0.3 is 21.1 Å². The second kappa shape index (κ2) is 10.6. The number of esters is 1. The smallest absolute Gasteiger partial charge is 0.312 e. The topological polar surface area (TPSA) is 111 Å². The summed E-state index contributed by atoms with van der Waals surface area (Å²) >= 11 is 3.36. The monoisotopic (exact) mass is 399 g/mol. The minimum atomic E-state index is -0.555. The molecule has 132 valence electrons. The van der Waals surface area contributed by atoms with E-state index < -0.39 is 17.9 Å². The van der Waals surface area contributed by atoms with E-state index in [1.165, 1.54) is 0 Å². The van der Waals surface area contributed by atoms with Gasteiger partial charge in [-0.1, -0.05) is 12.5 Å². The van der Waals surface area contributed by atoms with Gasteiger partial charge in [0.15, 0.2) is 6.61 Å². The number of anilines is 1. The Morgan fingerprint density at radius 3 is 2.62 bits per heavy atom. The Kier molecular flexibility index (Phi) is 8.85. The first kappa shape index (κ1) is 20.0. The molecule has 0 atom stereocenters. The summed E-state index contributed by atoms with van der Waals surface area (Å²) in [5, 5.41) is 5.14. The zero-order chi connectivity index (χ0) is 17.9. The molecule has 0 unspecified atom stereocenters. The molecule has 1 aromatic carbocycles. The molecule has 0 fully saturated rings. The number of urea groups is 1. The lowest BCUT2D eigenvalue weighted by molar-refractivity contribution is -0.147. The van der Waals surface area contributed by atoms with E-state index in [0.717, 1.165) is 22.9 Å². The number of primary amides is 1. The molecule has 0 spiro atoms. The Morgan fingerprint density at radius 1 is 1.21 bits per heavy atom. The Labute approximate surface area is 149 Å². The number of ether oxygens (including phenoxy) is 1. The lowest BCUT2D eigenvalue weighted by atomic mass is 10.2. The highest BCUT2D eigenvalue weighted by Crippen LogP contribution is 2.23. The van der Waals surface area contributed by atoms with Crippen LogP contribution in [0.2, 0.25) is 0 Å². The Balaban J connectivity index is 2.17. The fourth-order valence-corrected chi connectivity index (χ4v) is 2.50. The van der Waals surface area contributed by atoms with Crippen molar-refractivity contribution >= 4 is 39.5 Å². The largest absolute Gasteiger partial charge is 0.456 e. The van der Waals surface area contributed by atoms with E-state index in [2.05, 4.69) is 26.6 Å². The minimum absolute atomic E-state index is 0.234. The molecule has 0 aromatic heterocycles. The Bertz CT molecular complexity index is 593. The van der Waals surface area contributed by atoms with Crippen molar-refractivity contribution in [3.05, 3.63) is 28.2 Å². The number of carbonyl (C=O) groups is 3. The number of nitrogens with two attached hydrogens (primary N) is 1. The van der Waals surface area contributed by atoms with E-state index in [0.29, 0.717) is 18.7 Å². The van der Waals surface area contributed by atoms with E-state index in [4.69, 9.17) is 10.5 Å². The highest BCUT2D eigenvalue weighted by atomic mass is 79.9. The quantitative estimate of drug-likeness (QED) is 0.437. The van der Waals surface area contributed by atoms with E-state index >= 15 is 0 Å². The summed E-state index contributed by atoms with van der Waals surface area (Å²) in [6.45, 7) is 2.11. The van der Waals surface area contributed by atoms with Crippen LogP contribution in [0.5, 0.6) is 0 Å². The third-order valence-corrected chi connectivity index (χ3v) is 3.78. The van der Waals surface area contributed by atoms with Gasteiger partial charge in [-0.25, -0.2) is 4.79 Å². The molecule has 0 aliphatic rings. The third-order valence-electron chi connectivity index (χ3n) is 3.12. The zero-order valence-corrected chi connectivity index (χ0v) is 15.1. The first-order valence-corrected chi connectivity index (χ1v) is 8.42. The van der Waals surface area contributed by atoms with Crippen molar-refractivity contribution < 1.29 is 19.1 Å². The molecule has 4 N–H and O–H groups in total. The molecule has 7 nitrogen and oxygen atoms in total. The van der Waals surface area contributed by atoms with E-state index in [1.54, 1.807) is 6.07 Å². The van der Waals surface area contributed by atoms with Crippen molar-refractivity contribution in [1.82, 2.24) is 5.32 Å². The lowest BCUT2D eigenvalue weighted by Gasteiger charge is -2.09. The molecule has 24 heavy (non-hydrogen) atoms. The van der Waals surface area contributed by atoms with Gasteiger partial charge in [0.1, 0.15) is 0 Å². The summed E-state index contributed by atoms with van der Waals surface area (Å²) in [4.78, 5) is 33.8. The van der Waals surface area contributed by atoms with Gasteiger partial charge in [-0.3, -0.25) is 9.59 Å². The molecule has 1 rings (SSSR count). The van der Waals surface area contributed by atoms with Gasteiger partial charge in [-0.15, -0.1) is 0 Å². The van der Waals surface area contributed by atoms with Crippen LogP contribution in [0, 0.1) is 6.92 Å². The summed E-state index contributed by atoms with van der Waals surface area (Å²) in [7, 11) is 0. The molecule has 0 heterocycles. The maximum absolute atomic E-state index is 11.8. The lowest BCUT2D eigenvalue weighted by Crippen LogP contribution is -2.29. The van der Waals surface area contributed by atoms with Crippen LogP contribution in [0.15, 0.2) is 22.7 Å². The average Bonchev–Trinajstić information content (AvgIpc) is 2.51. The Hall–Kier alpha value is -2.09. The van der Waals surface area contributed by atoms with Crippen LogP contribution in [-0.4, -0.2) is 31.1 Å². The van der Waals surface area contributed by atoms with Gasteiger partial charge in [-0.05, 0) is 53.4 Å². The van der Waals surface area contributed by atoms with Crippen molar-refractivity contribution in [1.29, 1.82) is 0 Å². The second-order valence-corrected chi connectivity index (χ2v) is 6.15. The molecule has 3 amide bonds. The van der Waals surface area contributed by atoms with Crippen LogP contribution in [0.4, 0.5) is 10.5 Å².